The van der Waals surface area contributed by atoms with Crippen molar-refractivity contribution < 1.29 is 0 Å². The Bertz CT molecular complexity index is 560. The van der Waals surface area contributed by atoms with Crippen molar-refractivity contribution in [3.05, 3.63) is 0 Å². The molecule has 0 aliphatic heterocycles. The van der Waals surface area contributed by atoms with Gasteiger partial charge >= 0.3 is 0 Å². The van der Waals surface area contributed by atoms with Crippen LogP contribution in [0.25, 0.3) is 0 Å². The molecule has 5 fully saturated rings. The molecule has 8 unspecified atom stereocenters. The minimum absolute atomic E-state index is 0.766. The molecule has 4 bridgehead atoms. The minimum Gasteiger partial charge on any atom is -0.330 e. The molecule has 0 aromatic carbocycles. The topological polar surface area (TPSA) is 38.0 Å². The quantitative estimate of drug-likeness (QED) is 0.321. The number of nitrogens with two attached hydrogens (primary N) is 1. The number of fused-ring (bicyclic) bond motifs is 4. The fourth-order valence-corrected chi connectivity index (χ4v) is 10.0. The zero-order valence-electron chi connectivity index (χ0n) is 22.2. The average Bonchev–Trinajstić information content (AvgIpc) is 3.62. The first-order chi connectivity index (χ1) is 16.1. The Hall–Kier alpha value is -0.0800. The van der Waals surface area contributed by atoms with Gasteiger partial charge < -0.3 is 11.1 Å². The van der Waals surface area contributed by atoms with E-state index < -0.39 is 0 Å². The Kier molecular flexibility index (Phi) is 8.44. The van der Waals surface area contributed by atoms with Crippen LogP contribution in [-0.4, -0.2) is 19.1 Å². The van der Waals surface area contributed by atoms with Crippen molar-refractivity contribution in [1.82, 2.24) is 5.32 Å². The lowest BCUT2D eigenvalue weighted by Crippen LogP contribution is -2.37. The van der Waals surface area contributed by atoms with Crippen molar-refractivity contribution >= 4 is 0 Å². The molecule has 2 nitrogen and oxygen atoms in total. The second-order valence-electron chi connectivity index (χ2n) is 14.0. The molecule has 190 valence electrons. The Balaban J connectivity index is 1.11. The van der Waals surface area contributed by atoms with E-state index in [0.29, 0.717) is 0 Å². The van der Waals surface area contributed by atoms with Gasteiger partial charge in [-0.15, -0.1) is 0 Å². The summed E-state index contributed by atoms with van der Waals surface area (Å²) < 4.78 is 0. The molecular formula is C31H56N2. The number of nitrogens with one attached hydrogen (secondary N) is 1. The monoisotopic (exact) mass is 456 g/mol. The largest absolute Gasteiger partial charge is 0.330 e. The van der Waals surface area contributed by atoms with E-state index >= 15 is 0 Å². The minimum atomic E-state index is 0.766. The van der Waals surface area contributed by atoms with E-state index in [9.17, 15) is 0 Å². The average molecular weight is 457 g/mol. The van der Waals surface area contributed by atoms with E-state index in [-0.39, 0.29) is 0 Å². The summed E-state index contributed by atoms with van der Waals surface area (Å²) in [6, 6.07) is 0.766. The van der Waals surface area contributed by atoms with Gasteiger partial charge in [-0.3, -0.25) is 0 Å². The third kappa shape index (κ3) is 6.02. The van der Waals surface area contributed by atoms with Crippen LogP contribution < -0.4 is 11.1 Å². The lowest BCUT2D eigenvalue weighted by molar-refractivity contribution is 0.176. The van der Waals surface area contributed by atoms with Crippen LogP contribution in [0.1, 0.15) is 117 Å². The summed E-state index contributed by atoms with van der Waals surface area (Å²) in [6.45, 7) is 7.41. The molecule has 0 spiro atoms. The summed E-state index contributed by atoms with van der Waals surface area (Å²) in [7, 11) is 0. The Morgan fingerprint density at radius 1 is 0.667 bits per heavy atom. The Morgan fingerprint density at radius 3 is 1.61 bits per heavy atom. The van der Waals surface area contributed by atoms with Crippen molar-refractivity contribution in [3.8, 4) is 0 Å². The molecule has 0 heterocycles. The van der Waals surface area contributed by atoms with E-state index in [2.05, 4.69) is 19.2 Å². The zero-order valence-corrected chi connectivity index (χ0v) is 22.2. The molecule has 5 rings (SSSR count). The van der Waals surface area contributed by atoms with E-state index in [0.717, 1.165) is 71.8 Å². The lowest BCUT2D eigenvalue weighted by Gasteiger charge is -2.35. The highest BCUT2D eigenvalue weighted by Crippen LogP contribution is 2.53. The summed E-state index contributed by atoms with van der Waals surface area (Å²) in [5.41, 5.74) is 5.81. The molecule has 0 aromatic rings. The van der Waals surface area contributed by atoms with Crippen LogP contribution in [0.4, 0.5) is 0 Å². The molecule has 33 heavy (non-hydrogen) atoms. The molecule has 8 atom stereocenters. The second-order valence-corrected chi connectivity index (χ2v) is 14.0. The normalized spacial score (nSPS) is 42.6. The number of hydrogen-bond donors (Lipinski definition) is 2. The summed E-state index contributed by atoms with van der Waals surface area (Å²) in [5.74, 6) is 10.2. The van der Waals surface area contributed by atoms with Crippen LogP contribution in [0, 0.1) is 59.2 Å². The SMILES string of the molecule is CC(CC(CC(C)C1CC2CCC1C2)NCCC1CCC(CCN)CC1)C1CC2CCC1C2. The lowest BCUT2D eigenvalue weighted by atomic mass is 9.74. The molecule has 3 N–H and O–H groups in total. The first kappa shape index (κ1) is 24.6. The highest BCUT2D eigenvalue weighted by molar-refractivity contribution is 4.95. The summed E-state index contributed by atoms with van der Waals surface area (Å²) in [5, 5.41) is 4.18. The summed E-state index contributed by atoms with van der Waals surface area (Å²) in [4.78, 5) is 0. The van der Waals surface area contributed by atoms with Gasteiger partial charge in [-0.2, -0.15) is 0 Å². The zero-order chi connectivity index (χ0) is 22.8. The predicted molar refractivity (Wildman–Crippen MR) is 141 cm³/mol. The van der Waals surface area contributed by atoms with Crippen LogP contribution >= 0.6 is 0 Å². The van der Waals surface area contributed by atoms with Gasteiger partial charge in [0, 0.05) is 6.04 Å². The molecule has 5 aliphatic rings. The smallest absolute Gasteiger partial charge is 0.00723 e. The maximum absolute atomic E-state index is 5.81. The van der Waals surface area contributed by atoms with Gasteiger partial charge in [0.2, 0.25) is 0 Å². The molecule has 5 aliphatic carbocycles. The fourth-order valence-electron chi connectivity index (χ4n) is 10.0. The van der Waals surface area contributed by atoms with Gasteiger partial charge in [0.25, 0.3) is 0 Å². The Morgan fingerprint density at radius 2 is 1.18 bits per heavy atom. The third-order valence-electron chi connectivity index (χ3n) is 11.9. The molecule has 0 radical (unpaired) electrons. The third-order valence-corrected chi connectivity index (χ3v) is 11.9. The highest BCUT2D eigenvalue weighted by atomic mass is 14.9. The Labute approximate surface area is 206 Å². The number of rotatable bonds is 12. The van der Waals surface area contributed by atoms with Gasteiger partial charge in [-0.25, -0.2) is 0 Å². The van der Waals surface area contributed by atoms with Gasteiger partial charge in [0.1, 0.15) is 0 Å². The summed E-state index contributed by atoms with van der Waals surface area (Å²) >= 11 is 0. The molecular weight excluding hydrogens is 400 g/mol. The van der Waals surface area contributed by atoms with E-state index in [1.807, 2.05) is 0 Å². The van der Waals surface area contributed by atoms with Crippen molar-refractivity contribution in [2.24, 2.45) is 64.9 Å². The second kappa shape index (κ2) is 11.3. The first-order valence-electron chi connectivity index (χ1n) is 15.5. The predicted octanol–water partition coefficient (Wildman–Crippen LogP) is 7.41. The molecule has 0 saturated heterocycles. The van der Waals surface area contributed by atoms with E-state index in [1.165, 1.54) is 57.9 Å². The van der Waals surface area contributed by atoms with Crippen LogP contribution in [-0.2, 0) is 0 Å². The molecule has 0 amide bonds. The fraction of sp³-hybridized carbons (Fsp3) is 1.00. The van der Waals surface area contributed by atoms with Gasteiger partial charge in [-0.1, -0.05) is 52.4 Å². The van der Waals surface area contributed by atoms with Crippen LogP contribution in [0.3, 0.4) is 0 Å². The van der Waals surface area contributed by atoms with Crippen LogP contribution in [0.2, 0.25) is 0 Å². The van der Waals surface area contributed by atoms with Crippen molar-refractivity contribution in [3.63, 3.8) is 0 Å². The first-order valence-corrected chi connectivity index (χ1v) is 15.5. The maximum atomic E-state index is 5.81. The summed E-state index contributed by atoms with van der Waals surface area (Å²) in [6.07, 6.45) is 23.8. The van der Waals surface area contributed by atoms with Gasteiger partial charge in [0.15, 0.2) is 0 Å². The van der Waals surface area contributed by atoms with Crippen LogP contribution in [0.5, 0.6) is 0 Å². The van der Waals surface area contributed by atoms with E-state index in [1.54, 1.807) is 51.4 Å². The number of hydrogen-bond acceptors (Lipinski definition) is 2. The van der Waals surface area contributed by atoms with E-state index in [4.69, 9.17) is 5.73 Å². The van der Waals surface area contributed by atoms with Crippen molar-refractivity contribution in [2.45, 2.75) is 123 Å². The molecule has 5 saturated carbocycles. The maximum Gasteiger partial charge on any atom is 0.00723 e. The molecule has 2 heteroatoms. The van der Waals surface area contributed by atoms with Crippen molar-refractivity contribution in [1.29, 1.82) is 0 Å². The molecule has 0 aromatic heterocycles. The van der Waals surface area contributed by atoms with Gasteiger partial charge in [0.05, 0.1) is 0 Å². The van der Waals surface area contributed by atoms with Crippen LogP contribution in [0.15, 0.2) is 0 Å². The van der Waals surface area contributed by atoms with Crippen molar-refractivity contribution in [2.75, 3.05) is 13.1 Å². The van der Waals surface area contributed by atoms with Gasteiger partial charge in [-0.05, 0) is 136 Å². The standard InChI is InChI=1S/C31H56N2/c1-21(30-19-25-7-9-27(30)17-25)15-29(16-22(2)31-20-26-8-10-28(31)18-26)33-14-12-24-5-3-23(4-6-24)11-13-32/h21-31,33H,3-20,32H2,1-2H3. The highest BCUT2D eigenvalue weighted by Gasteiger charge is 2.44.